The minimum absolute atomic E-state index is 0.0314. The normalized spacial score (nSPS) is 14.0. The van der Waals surface area contributed by atoms with Gasteiger partial charge in [0.05, 0.1) is 11.4 Å². The molecule has 2 aromatic carbocycles. The molecule has 184 valence electrons. The molecular weight excluding hydrogens is 456 g/mol. The highest BCUT2D eigenvalue weighted by Crippen LogP contribution is 2.36. The number of likely N-dealkylation sites (tertiary alicyclic amines) is 1. The van der Waals surface area contributed by atoms with E-state index in [0.29, 0.717) is 36.3 Å². The number of H-pyrrole nitrogens is 1. The first kappa shape index (κ1) is 23.4. The molecule has 1 aliphatic heterocycles. The Morgan fingerprint density at radius 3 is 2.53 bits per heavy atom. The van der Waals surface area contributed by atoms with E-state index in [2.05, 4.69) is 10.2 Å². The van der Waals surface area contributed by atoms with Gasteiger partial charge < -0.3 is 24.8 Å². The van der Waals surface area contributed by atoms with E-state index in [4.69, 9.17) is 10.5 Å². The number of carbonyl (C=O) groups is 1. The second-order valence-corrected chi connectivity index (χ2v) is 9.11. The molecule has 3 heterocycles. The number of carbonyl (C=O) groups excluding carboxylic acids is 1. The lowest BCUT2D eigenvalue weighted by atomic mass is 10.1. The summed E-state index contributed by atoms with van der Waals surface area (Å²) in [5.41, 5.74) is 8.07. The summed E-state index contributed by atoms with van der Waals surface area (Å²) in [5, 5.41) is 7.09. The SMILES string of the molecule is CN(C)C/C=C/C(=O)N1CC(n2cc(-c3ccc(Oc4ccccc4)cc3)c3c(N)n[nH]c(=O)c32)C1. The van der Waals surface area contributed by atoms with Gasteiger partial charge in [0.2, 0.25) is 5.91 Å². The highest BCUT2D eigenvalue weighted by molar-refractivity contribution is 6.02. The third-order valence-electron chi connectivity index (χ3n) is 6.22. The zero-order valence-electron chi connectivity index (χ0n) is 20.2. The number of benzene rings is 2. The van der Waals surface area contributed by atoms with Crippen LogP contribution in [0.3, 0.4) is 0 Å². The van der Waals surface area contributed by atoms with E-state index >= 15 is 0 Å². The lowest BCUT2D eigenvalue weighted by Crippen LogP contribution is -2.50. The maximum absolute atomic E-state index is 12.8. The number of nitrogens with zero attached hydrogens (tertiary/aromatic N) is 4. The fourth-order valence-electron chi connectivity index (χ4n) is 4.35. The Bertz CT molecular complexity index is 1470. The fourth-order valence-corrected chi connectivity index (χ4v) is 4.35. The third kappa shape index (κ3) is 4.60. The van der Waals surface area contributed by atoms with Gasteiger partial charge in [-0.25, -0.2) is 5.10 Å². The number of aromatic amines is 1. The van der Waals surface area contributed by atoms with E-state index in [9.17, 15) is 9.59 Å². The van der Waals surface area contributed by atoms with Crippen molar-refractivity contribution in [1.82, 2.24) is 24.6 Å². The van der Waals surface area contributed by atoms with Crippen molar-refractivity contribution in [1.29, 1.82) is 0 Å². The number of nitrogens with one attached hydrogen (secondary N) is 1. The second kappa shape index (κ2) is 9.71. The van der Waals surface area contributed by atoms with Gasteiger partial charge in [-0.3, -0.25) is 9.59 Å². The van der Waals surface area contributed by atoms with Gasteiger partial charge in [0.1, 0.15) is 17.0 Å². The Kier molecular flexibility index (Phi) is 6.30. The largest absolute Gasteiger partial charge is 0.457 e. The van der Waals surface area contributed by atoms with Crippen LogP contribution >= 0.6 is 0 Å². The molecule has 0 saturated carbocycles. The number of anilines is 1. The molecule has 0 atom stereocenters. The molecule has 1 aliphatic rings. The number of fused-ring (bicyclic) bond motifs is 1. The van der Waals surface area contributed by atoms with Crippen LogP contribution in [0.2, 0.25) is 0 Å². The Morgan fingerprint density at radius 1 is 1.14 bits per heavy atom. The Hall–Kier alpha value is -4.37. The Labute approximate surface area is 208 Å². The van der Waals surface area contributed by atoms with Crippen LogP contribution in [0.25, 0.3) is 22.0 Å². The van der Waals surface area contributed by atoms with Crippen LogP contribution in [0.1, 0.15) is 6.04 Å². The third-order valence-corrected chi connectivity index (χ3v) is 6.22. The predicted molar refractivity (Wildman–Crippen MR) is 140 cm³/mol. The first-order valence-electron chi connectivity index (χ1n) is 11.7. The Morgan fingerprint density at radius 2 is 1.83 bits per heavy atom. The van der Waals surface area contributed by atoms with Gasteiger partial charge >= 0.3 is 0 Å². The average molecular weight is 485 g/mol. The van der Waals surface area contributed by atoms with Crippen LogP contribution in [0.4, 0.5) is 5.82 Å². The molecule has 0 aliphatic carbocycles. The molecule has 5 rings (SSSR count). The maximum atomic E-state index is 12.8. The number of rotatable bonds is 7. The molecule has 9 nitrogen and oxygen atoms in total. The zero-order chi connectivity index (χ0) is 25.2. The van der Waals surface area contributed by atoms with Crippen molar-refractivity contribution in [2.24, 2.45) is 0 Å². The monoisotopic (exact) mass is 484 g/mol. The van der Waals surface area contributed by atoms with Crippen molar-refractivity contribution < 1.29 is 9.53 Å². The van der Waals surface area contributed by atoms with Crippen LogP contribution in [0.15, 0.2) is 77.7 Å². The summed E-state index contributed by atoms with van der Waals surface area (Å²) >= 11 is 0. The molecule has 0 bridgehead atoms. The minimum atomic E-state index is -0.315. The highest BCUT2D eigenvalue weighted by atomic mass is 16.5. The molecule has 1 saturated heterocycles. The van der Waals surface area contributed by atoms with Gasteiger partial charge in [0.25, 0.3) is 5.56 Å². The van der Waals surface area contributed by atoms with E-state index in [1.54, 1.807) is 11.0 Å². The number of hydrogen-bond donors (Lipinski definition) is 2. The van der Waals surface area contributed by atoms with E-state index < -0.39 is 0 Å². The molecule has 3 N–H and O–H groups in total. The van der Waals surface area contributed by atoms with Crippen molar-refractivity contribution in [2.45, 2.75) is 6.04 Å². The fraction of sp³-hybridized carbons (Fsp3) is 0.222. The van der Waals surface area contributed by atoms with Crippen LogP contribution in [0.5, 0.6) is 11.5 Å². The topological polar surface area (TPSA) is 109 Å². The van der Waals surface area contributed by atoms with Gasteiger partial charge in [-0.1, -0.05) is 36.4 Å². The molecule has 4 aromatic rings. The first-order valence-corrected chi connectivity index (χ1v) is 11.7. The number of aromatic nitrogens is 3. The Balaban J connectivity index is 1.42. The van der Waals surface area contributed by atoms with Gasteiger partial charge in [-0.2, -0.15) is 5.10 Å². The summed E-state index contributed by atoms with van der Waals surface area (Å²) in [5.74, 6) is 1.67. The highest BCUT2D eigenvalue weighted by Gasteiger charge is 2.33. The van der Waals surface area contributed by atoms with Gasteiger partial charge in [-0.05, 0) is 43.9 Å². The molecule has 9 heteroatoms. The van der Waals surface area contributed by atoms with Crippen LogP contribution in [-0.2, 0) is 4.79 Å². The molecule has 1 fully saturated rings. The average Bonchev–Trinajstić information content (AvgIpc) is 3.23. The van der Waals surface area contributed by atoms with Crippen molar-refractivity contribution in [3.63, 3.8) is 0 Å². The number of nitrogen functional groups attached to an aromatic ring is 1. The second-order valence-electron chi connectivity index (χ2n) is 9.11. The summed E-state index contributed by atoms with van der Waals surface area (Å²) in [7, 11) is 3.90. The standard InChI is InChI=1S/C27H28N6O3/c1-31(2)14-6-9-23(34)32-15-19(16-32)33-17-22(24-25(33)27(35)30-29-26(24)28)18-10-12-21(13-11-18)36-20-7-4-3-5-8-20/h3-13,17,19H,14-16H2,1-2H3,(H2,28,29)(H,30,35)/b9-6+. The van der Waals surface area contributed by atoms with E-state index in [0.717, 1.165) is 16.9 Å². The van der Waals surface area contributed by atoms with Crippen molar-refractivity contribution in [2.75, 3.05) is 39.5 Å². The number of nitrogens with two attached hydrogens (primary N) is 1. The lowest BCUT2D eigenvalue weighted by Gasteiger charge is -2.39. The predicted octanol–water partition coefficient (Wildman–Crippen LogP) is 3.27. The van der Waals surface area contributed by atoms with Gasteiger partial charge in [0.15, 0.2) is 5.82 Å². The molecule has 1 amide bonds. The molecule has 2 aromatic heterocycles. The zero-order valence-corrected chi connectivity index (χ0v) is 20.2. The minimum Gasteiger partial charge on any atom is -0.457 e. The van der Waals surface area contributed by atoms with Gasteiger partial charge in [0, 0.05) is 37.5 Å². The quantitative estimate of drug-likeness (QED) is 0.390. The van der Waals surface area contributed by atoms with Crippen LogP contribution in [0, 0.1) is 0 Å². The van der Waals surface area contributed by atoms with Crippen molar-refractivity contribution in [3.8, 4) is 22.6 Å². The summed E-state index contributed by atoms with van der Waals surface area (Å²) in [4.78, 5) is 29.0. The lowest BCUT2D eigenvalue weighted by molar-refractivity contribution is -0.131. The van der Waals surface area contributed by atoms with Crippen LogP contribution in [-0.4, -0.2) is 64.2 Å². The molecule has 0 unspecified atom stereocenters. The molecule has 0 radical (unpaired) electrons. The molecule has 36 heavy (non-hydrogen) atoms. The summed E-state index contributed by atoms with van der Waals surface area (Å²) in [6.07, 6.45) is 5.38. The summed E-state index contributed by atoms with van der Waals surface area (Å²) in [6.45, 7) is 1.73. The molecule has 0 spiro atoms. The number of amides is 1. The van der Waals surface area contributed by atoms with Crippen molar-refractivity contribution in [3.05, 3.63) is 83.3 Å². The molecular formula is C27H28N6O3. The number of hydrogen-bond acceptors (Lipinski definition) is 6. The summed E-state index contributed by atoms with van der Waals surface area (Å²) in [6, 6.07) is 17.2. The van der Waals surface area contributed by atoms with E-state index in [1.165, 1.54) is 0 Å². The maximum Gasteiger partial charge on any atom is 0.288 e. The smallest absolute Gasteiger partial charge is 0.288 e. The van der Waals surface area contributed by atoms with E-state index in [-0.39, 0.29) is 23.3 Å². The van der Waals surface area contributed by atoms with Crippen molar-refractivity contribution >= 4 is 22.6 Å². The number of likely N-dealkylation sites (N-methyl/N-ethyl adjacent to an activating group) is 1. The number of para-hydroxylation sites is 1. The summed E-state index contributed by atoms with van der Waals surface area (Å²) < 4.78 is 7.82. The van der Waals surface area contributed by atoms with Crippen LogP contribution < -0.4 is 16.0 Å². The first-order chi connectivity index (χ1) is 17.4. The number of ether oxygens (including phenoxy) is 1. The van der Waals surface area contributed by atoms with E-state index in [1.807, 2.05) is 90.4 Å². The van der Waals surface area contributed by atoms with Gasteiger partial charge in [-0.15, -0.1) is 0 Å².